The number of carbonyl (C=O) groups is 2. The molecule has 0 spiro atoms. The Hall–Kier alpha value is -1.19. The van der Waals surface area contributed by atoms with E-state index in [1.807, 2.05) is 0 Å². The number of fused-ring (bicyclic) bond motifs is 5. The van der Waals surface area contributed by atoms with E-state index in [-0.39, 0.29) is 22.7 Å². The van der Waals surface area contributed by atoms with Crippen LogP contribution >= 0.6 is 0 Å². The Bertz CT molecular complexity index is 627. The molecule has 3 fully saturated rings. The van der Waals surface area contributed by atoms with Crippen LogP contribution in [0.25, 0.3) is 0 Å². The number of hydrazone groups is 1. The van der Waals surface area contributed by atoms with E-state index in [0.717, 1.165) is 25.7 Å². The highest BCUT2D eigenvalue weighted by Gasteiger charge is 2.60. The molecule has 0 bridgehead atoms. The fourth-order valence-corrected chi connectivity index (χ4v) is 7.01. The first-order chi connectivity index (χ1) is 11.3. The maximum absolute atomic E-state index is 12.3. The number of hydrogen-bond acceptors (Lipinski definition) is 3. The van der Waals surface area contributed by atoms with Crippen molar-refractivity contribution in [1.82, 2.24) is 5.01 Å². The van der Waals surface area contributed by atoms with Crippen molar-refractivity contribution in [2.45, 2.75) is 65.7 Å². The summed E-state index contributed by atoms with van der Waals surface area (Å²) < 4.78 is 0. The molecule has 0 N–H and O–H groups in total. The Kier molecular flexibility index (Phi) is 3.50. The van der Waals surface area contributed by atoms with Crippen LogP contribution in [0.2, 0.25) is 0 Å². The van der Waals surface area contributed by atoms with Crippen molar-refractivity contribution in [3.05, 3.63) is 0 Å². The van der Waals surface area contributed by atoms with Gasteiger partial charge in [0.25, 0.3) is 0 Å². The predicted octanol–water partition coefficient (Wildman–Crippen LogP) is 3.65. The van der Waals surface area contributed by atoms with Gasteiger partial charge in [-0.05, 0) is 68.6 Å². The smallest absolute Gasteiger partial charge is 0.243 e. The van der Waals surface area contributed by atoms with Crippen LogP contribution in [-0.2, 0) is 9.59 Å². The molecule has 1 aliphatic heterocycles. The number of amides is 1. The minimum Gasteiger partial charge on any atom is -0.300 e. The van der Waals surface area contributed by atoms with Crippen LogP contribution in [0.1, 0.15) is 65.7 Å². The number of carbonyl (C=O) groups excluding carboxylic acids is 2. The molecule has 1 heterocycles. The Morgan fingerprint density at radius 3 is 2.62 bits per heavy atom. The van der Waals surface area contributed by atoms with Crippen LogP contribution in [0.4, 0.5) is 0 Å². The molecule has 1 amide bonds. The van der Waals surface area contributed by atoms with Crippen LogP contribution in [0.15, 0.2) is 5.10 Å². The number of nitrogens with zero attached hydrogens (tertiary/aromatic N) is 2. The van der Waals surface area contributed by atoms with E-state index in [9.17, 15) is 9.59 Å². The Labute approximate surface area is 145 Å². The molecular formula is C20H30N2O2. The average molecular weight is 330 g/mol. The Morgan fingerprint density at radius 1 is 1.17 bits per heavy atom. The molecule has 0 radical (unpaired) electrons. The van der Waals surface area contributed by atoms with E-state index in [1.54, 1.807) is 19.0 Å². The summed E-state index contributed by atoms with van der Waals surface area (Å²) in [6.07, 6.45) is 7.36. The normalized spacial score (nSPS) is 47.6. The van der Waals surface area contributed by atoms with Crippen LogP contribution in [0.3, 0.4) is 0 Å². The van der Waals surface area contributed by atoms with E-state index >= 15 is 0 Å². The fraction of sp³-hybridized carbons (Fsp3) is 0.850. The summed E-state index contributed by atoms with van der Waals surface area (Å²) in [7, 11) is 1.79. The van der Waals surface area contributed by atoms with E-state index < -0.39 is 0 Å². The lowest BCUT2D eigenvalue weighted by Crippen LogP contribution is -2.55. The van der Waals surface area contributed by atoms with Crippen LogP contribution in [0.5, 0.6) is 0 Å². The second-order valence-electron chi connectivity index (χ2n) is 9.26. The summed E-state index contributed by atoms with van der Waals surface area (Å²) in [5, 5.41) is 6.19. The summed E-state index contributed by atoms with van der Waals surface area (Å²) in [6, 6.07) is 0. The molecule has 4 heteroatoms. The quantitative estimate of drug-likeness (QED) is 0.737. The van der Waals surface area contributed by atoms with Gasteiger partial charge in [-0.25, -0.2) is 5.01 Å². The third-order valence-corrected chi connectivity index (χ3v) is 8.27. The zero-order valence-corrected chi connectivity index (χ0v) is 15.5. The number of Topliss-reactive ketones (excluding diaryl/α,β-unsaturated/α-hetero) is 1. The lowest BCUT2D eigenvalue weighted by atomic mass is 9.48. The third-order valence-electron chi connectivity index (χ3n) is 8.27. The molecule has 4 aliphatic rings. The van der Waals surface area contributed by atoms with Crippen molar-refractivity contribution < 1.29 is 9.59 Å². The van der Waals surface area contributed by atoms with Crippen molar-refractivity contribution >= 4 is 17.4 Å². The molecule has 0 unspecified atom stereocenters. The molecule has 3 aliphatic carbocycles. The fourth-order valence-electron chi connectivity index (χ4n) is 7.01. The lowest BCUT2D eigenvalue weighted by Gasteiger charge is -2.57. The van der Waals surface area contributed by atoms with Crippen molar-refractivity contribution in [2.75, 3.05) is 7.05 Å². The zero-order chi connectivity index (χ0) is 17.3. The summed E-state index contributed by atoms with van der Waals surface area (Å²) in [5.41, 5.74) is 1.38. The predicted molar refractivity (Wildman–Crippen MR) is 93.4 cm³/mol. The molecule has 24 heavy (non-hydrogen) atoms. The van der Waals surface area contributed by atoms with Gasteiger partial charge in [0.2, 0.25) is 5.91 Å². The van der Waals surface area contributed by atoms with Gasteiger partial charge in [0, 0.05) is 30.5 Å². The summed E-state index contributed by atoms with van der Waals surface area (Å²) >= 11 is 0. The van der Waals surface area contributed by atoms with Gasteiger partial charge in [0.15, 0.2) is 0 Å². The molecule has 132 valence electrons. The van der Waals surface area contributed by atoms with Gasteiger partial charge in [0.05, 0.1) is 0 Å². The summed E-state index contributed by atoms with van der Waals surface area (Å²) in [4.78, 5) is 24.5. The van der Waals surface area contributed by atoms with E-state index in [1.165, 1.54) is 18.6 Å². The highest BCUT2D eigenvalue weighted by Crippen LogP contribution is 2.65. The van der Waals surface area contributed by atoms with Gasteiger partial charge in [-0.1, -0.05) is 13.8 Å². The topological polar surface area (TPSA) is 49.7 Å². The van der Waals surface area contributed by atoms with Gasteiger partial charge in [-0.2, -0.15) is 5.10 Å². The first-order valence-corrected chi connectivity index (χ1v) is 9.62. The van der Waals surface area contributed by atoms with Crippen LogP contribution < -0.4 is 0 Å². The van der Waals surface area contributed by atoms with E-state index in [4.69, 9.17) is 0 Å². The molecule has 0 aromatic rings. The SMILES string of the molecule is CC(=O)[C@H]1CC[C@H]2[C@@H]3CCC4=NN(C)C(=O)C[C@]4(C)[C@H]3CC[C@]12C. The van der Waals surface area contributed by atoms with E-state index in [2.05, 4.69) is 18.9 Å². The van der Waals surface area contributed by atoms with Crippen molar-refractivity contribution in [2.24, 2.45) is 39.6 Å². The average Bonchev–Trinajstić information content (AvgIpc) is 2.86. The molecule has 0 saturated heterocycles. The Morgan fingerprint density at radius 2 is 1.92 bits per heavy atom. The first-order valence-electron chi connectivity index (χ1n) is 9.62. The maximum Gasteiger partial charge on any atom is 0.243 e. The highest BCUT2D eigenvalue weighted by atomic mass is 16.2. The molecule has 3 saturated carbocycles. The van der Waals surface area contributed by atoms with Gasteiger partial charge in [0.1, 0.15) is 5.78 Å². The van der Waals surface area contributed by atoms with Gasteiger partial charge < -0.3 is 0 Å². The number of ketones is 1. The second kappa shape index (κ2) is 5.15. The summed E-state index contributed by atoms with van der Waals surface area (Å²) in [5.74, 6) is 2.67. The maximum atomic E-state index is 12.3. The van der Waals surface area contributed by atoms with Crippen molar-refractivity contribution in [1.29, 1.82) is 0 Å². The molecule has 4 rings (SSSR count). The summed E-state index contributed by atoms with van der Waals surface area (Å²) in [6.45, 7) is 6.44. The largest absolute Gasteiger partial charge is 0.300 e. The monoisotopic (exact) mass is 330 g/mol. The second-order valence-corrected chi connectivity index (χ2v) is 9.26. The highest BCUT2D eigenvalue weighted by molar-refractivity contribution is 5.98. The minimum atomic E-state index is -0.0534. The lowest BCUT2D eigenvalue weighted by molar-refractivity contribution is -0.136. The molecular weight excluding hydrogens is 300 g/mol. The third kappa shape index (κ3) is 2.01. The minimum absolute atomic E-state index is 0.0534. The van der Waals surface area contributed by atoms with Crippen LogP contribution in [-0.4, -0.2) is 29.5 Å². The standard InChI is InChI=1S/C20H30N2O2/c1-12(23)14-6-7-15-13-5-8-17-20(3,11-18(24)22(4)21-17)16(13)9-10-19(14,15)2/h13-16H,5-11H2,1-4H3/t13-,14+,15-,16-,19+,20+/m0/s1. The number of hydrogen-bond donors (Lipinski definition) is 0. The zero-order valence-electron chi connectivity index (χ0n) is 15.5. The Balaban J connectivity index is 1.68. The van der Waals surface area contributed by atoms with Gasteiger partial charge in [-0.3, -0.25) is 9.59 Å². The van der Waals surface area contributed by atoms with Crippen molar-refractivity contribution in [3.8, 4) is 0 Å². The van der Waals surface area contributed by atoms with Crippen LogP contribution in [0, 0.1) is 34.5 Å². The molecule has 0 aromatic carbocycles. The molecule has 4 nitrogen and oxygen atoms in total. The van der Waals surface area contributed by atoms with E-state index in [0.29, 0.717) is 30.0 Å². The van der Waals surface area contributed by atoms with Gasteiger partial charge >= 0.3 is 0 Å². The first kappa shape index (κ1) is 16.3. The number of rotatable bonds is 1. The van der Waals surface area contributed by atoms with Gasteiger partial charge in [-0.15, -0.1) is 0 Å². The molecule has 6 atom stereocenters. The van der Waals surface area contributed by atoms with Crippen molar-refractivity contribution in [3.63, 3.8) is 0 Å². The molecule has 0 aromatic heterocycles.